The highest BCUT2D eigenvalue weighted by atomic mass is 35.5. The molecule has 3 atom stereocenters. The van der Waals surface area contributed by atoms with Gasteiger partial charge >= 0.3 is 5.97 Å². The van der Waals surface area contributed by atoms with E-state index >= 15 is 0 Å². The quantitative estimate of drug-likeness (QED) is 0.510. The molecule has 1 saturated heterocycles. The van der Waals surface area contributed by atoms with E-state index in [9.17, 15) is 28.4 Å². The largest absolute Gasteiger partial charge is 0.481 e. The van der Waals surface area contributed by atoms with Crippen molar-refractivity contribution >= 4 is 41.6 Å². The Bertz CT molecular complexity index is 865. The van der Waals surface area contributed by atoms with Gasteiger partial charge < -0.3 is 25.4 Å². The molecule has 2 rings (SSSR count). The van der Waals surface area contributed by atoms with Gasteiger partial charge in [-0.1, -0.05) is 11.6 Å². The number of benzene rings is 1. The molecule has 3 amide bonds. The maximum Gasteiger partial charge on any atom is 0.305 e. The summed E-state index contributed by atoms with van der Waals surface area (Å²) in [6.45, 7) is 1.71. The molecule has 1 aliphatic rings. The van der Waals surface area contributed by atoms with Gasteiger partial charge in [-0.15, -0.1) is 0 Å². The summed E-state index contributed by atoms with van der Waals surface area (Å²) in [7, 11) is 0. The first kappa shape index (κ1) is 23.3. The second kappa shape index (κ2) is 10.1. The van der Waals surface area contributed by atoms with Crippen LogP contribution < -0.4 is 10.6 Å². The van der Waals surface area contributed by atoms with Gasteiger partial charge in [0, 0.05) is 12.1 Å². The van der Waals surface area contributed by atoms with Crippen LogP contribution in [0.3, 0.4) is 0 Å². The van der Waals surface area contributed by atoms with Gasteiger partial charge in [-0.3, -0.25) is 19.2 Å². The molecule has 0 unspecified atom stereocenters. The van der Waals surface area contributed by atoms with Gasteiger partial charge in [0.25, 0.3) is 5.91 Å². The van der Waals surface area contributed by atoms with Crippen molar-refractivity contribution in [3.05, 3.63) is 34.6 Å². The summed E-state index contributed by atoms with van der Waals surface area (Å²) in [5.74, 6) is -3.72. The fourth-order valence-corrected chi connectivity index (χ4v) is 3.31. The van der Waals surface area contributed by atoms with Crippen molar-refractivity contribution in [3.63, 3.8) is 0 Å². The molecule has 162 valence electrons. The molecule has 0 radical (unpaired) electrons. The van der Waals surface area contributed by atoms with Crippen LogP contribution in [0.2, 0.25) is 5.02 Å². The van der Waals surface area contributed by atoms with E-state index in [4.69, 9.17) is 16.7 Å². The monoisotopic (exact) mass is 441 g/mol. The van der Waals surface area contributed by atoms with E-state index in [-0.39, 0.29) is 17.1 Å². The third kappa shape index (κ3) is 5.76. The Morgan fingerprint density at radius 1 is 1.33 bits per heavy atom. The minimum Gasteiger partial charge on any atom is -0.481 e. The number of halogens is 2. The zero-order valence-corrected chi connectivity index (χ0v) is 16.8. The number of amides is 3. The molecule has 11 heteroatoms. The third-order valence-electron chi connectivity index (χ3n) is 4.62. The SMILES string of the molecule is C[C@H](NC(=O)c1ccc(F)c(Cl)c1)C(=O)N1CCC[C@H]1C(=O)N[C@H](C=O)CC(=O)O. The van der Waals surface area contributed by atoms with Gasteiger partial charge in [0.2, 0.25) is 11.8 Å². The van der Waals surface area contributed by atoms with Crippen LogP contribution in [0.5, 0.6) is 0 Å². The Balaban J connectivity index is 2.02. The lowest BCUT2D eigenvalue weighted by molar-refractivity contribution is -0.141. The summed E-state index contributed by atoms with van der Waals surface area (Å²) in [4.78, 5) is 60.5. The maximum absolute atomic E-state index is 13.2. The van der Waals surface area contributed by atoms with E-state index in [2.05, 4.69) is 10.6 Å². The fourth-order valence-electron chi connectivity index (χ4n) is 3.13. The molecule has 0 spiro atoms. The van der Waals surface area contributed by atoms with Crippen LogP contribution in [0.1, 0.15) is 36.5 Å². The van der Waals surface area contributed by atoms with E-state index in [1.807, 2.05) is 0 Å². The van der Waals surface area contributed by atoms with E-state index in [0.717, 1.165) is 12.1 Å². The van der Waals surface area contributed by atoms with Crippen molar-refractivity contribution in [2.24, 2.45) is 0 Å². The predicted molar refractivity (Wildman–Crippen MR) is 103 cm³/mol. The summed E-state index contributed by atoms with van der Waals surface area (Å²) in [5.41, 5.74) is 0.0688. The highest BCUT2D eigenvalue weighted by molar-refractivity contribution is 6.31. The minimum absolute atomic E-state index is 0.0688. The van der Waals surface area contributed by atoms with Crippen LogP contribution in [0.25, 0.3) is 0 Å². The van der Waals surface area contributed by atoms with Gasteiger partial charge in [-0.2, -0.15) is 0 Å². The molecule has 1 fully saturated rings. The van der Waals surface area contributed by atoms with Crippen molar-refractivity contribution in [2.75, 3.05) is 6.54 Å². The molecular weight excluding hydrogens is 421 g/mol. The van der Waals surface area contributed by atoms with Crippen LogP contribution in [-0.2, 0) is 19.2 Å². The molecule has 9 nitrogen and oxygen atoms in total. The molecule has 1 aromatic carbocycles. The van der Waals surface area contributed by atoms with Crippen LogP contribution in [0.15, 0.2) is 18.2 Å². The summed E-state index contributed by atoms with van der Waals surface area (Å²) in [6, 6.07) is 0.321. The van der Waals surface area contributed by atoms with Crippen LogP contribution in [-0.4, -0.2) is 64.7 Å². The molecule has 1 aliphatic heterocycles. The third-order valence-corrected chi connectivity index (χ3v) is 4.91. The number of likely N-dealkylation sites (tertiary alicyclic amines) is 1. The summed E-state index contributed by atoms with van der Waals surface area (Å²) >= 11 is 5.66. The molecule has 1 heterocycles. The average molecular weight is 442 g/mol. The van der Waals surface area contributed by atoms with E-state index in [0.29, 0.717) is 19.1 Å². The summed E-state index contributed by atoms with van der Waals surface area (Å²) < 4.78 is 13.2. The number of hydrogen-bond acceptors (Lipinski definition) is 5. The molecule has 3 N–H and O–H groups in total. The first-order valence-electron chi connectivity index (χ1n) is 9.18. The second-order valence-electron chi connectivity index (χ2n) is 6.86. The van der Waals surface area contributed by atoms with Crippen molar-refractivity contribution in [1.29, 1.82) is 0 Å². The molecule has 0 bridgehead atoms. The van der Waals surface area contributed by atoms with Crippen molar-refractivity contribution in [3.8, 4) is 0 Å². The Morgan fingerprint density at radius 2 is 2.03 bits per heavy atom. The maximum atomic E-state index is 13.2. The Kier molecular flexibility index (Phi) is 7.87. The molecule has 1 aromatic rings. The Labute approximate surface area is 176 Å². The second-order valence-corrected chi connectivity index (χ2v) is 7.27. The van der Waals surface area contributed by atoms with E-state index in [1.54, 1.807) is 0 Å². The van der Waals surface area contributed by atoms with Gasteiger partial charge in [-0.05, 0) is 38.0 Å². The number of rotatable bonds is 8. The van der Waals surface area contributed by atoms with Crippen LogP contribution in [0.4, 0.5) is 4.39 Å². The number of carbonyl (C=O) groups is 5. The summed E-state index contributed by atoms with van der Waals surface area (Å²) in [6.07, 6.45) is 0.625. The zero-order valence-electron chi connectivity index (χ0n) is 16.1. The van der Waals surface area contributed by atoms with Gasteiger partial charge in [-0.25, -0.2) is 4.39 Å². The number of carboxylic acid groups (broad SMARTS) is 1. The van der Waals surface area contributed by atoms with E-state index < -0.39 is 54.1 Å². The Morgan fingerprint density at radius 3 is 2.63 bits per heavy atom. The molecule has 0 aromatic heterocycles. The molecular formula is C19H21ClFN3O6. The van der Waals surface area contributed by atoms with Crippen molar-refractivity contribution in [1.82, 2.24) is 15.5 Å². The fraction of sp³-hybridized carbons (Fsp3) is 0.421. The molecule has 30 heavy (non-hydrogen) atoms. The lowest BCUT2D eigenvalue weighted by atomic mass is 10.1. The van der Waals surface area contributed by atoms with Gasteiger partial charge in [0.15, 0.2) is 0 Å². The lowest BCUT2D eigenvalue weighted by Gasteiger charge is -2.27. The number of aldehydes is 1. The zero-order chi connectivity index (χ0) is 22.4. The number of carboxylic acids is 1. The first-order valence-corrected chi connectivity index (χ1v) is 9.55. The predicted octanol–water partition coefficient (Wildman–Crippen LogP) is 0.747. The number of aliphatic carboxylic acids is 1. The van der Waals surface area contributed by atoms with E-state index in [1.165, 1.54) is 17.9 Å². The van der Waals surface area contributed by atoms with Crippen LogP contribution in [0, 0.1) is 5.82 Å². The number of nitrogens with one attached hydrogen (secondary N) is 2. The van der Waals surface area contributed by atoms with Crippen molar-refractivity contribution in [2.45, 2.75) is 44.3 Å². The van der Waals surface area contributed by atoms with Gasteiger partial charge in [0.05, 0.1) is 17.5 Å². The highest BCUT2D eigenvalue weighted by Crippen LogP contribution is 2.20. The van der Waals surface area contributed by atoms with Crippen LogP contribution >= 0.6 is 11.6 Å². The minimum atomic E-state index is -1.25. The Hall–Kier alpha value is -3.01. The smallest absolute Gasteiger partial charge is 0.305 e. The number of nitrogens with zero attached hydrogens (tertiary/aromatic N) is 1. The van der Waals surface area contributed by atoms with Crippen molar-refractivity contribution < 1.29 is 33.5 Å². The topological polar surface area (TPSA) is 133 Å². The average Bonchev–Trinajstić information content (AvgIpc) is 3.18. The normalized spacial score (nSPS) is 17.7. The summed E-state index contributed by atoms with van der Waals surface area (Å²) in [5, 5.41) is 13.3. The molecule has 0 aliphatic carbocycles. The number of hydrogen-bond donors (Lipinski definition) is 3. The number of carbonyl (C=O) groups excluding carboxylic acids is 4. The highest BCUT2D eigenvalue weighted by Gasteiger charge is 2.37. The van der Waals surface area contributed by atoms with Gasteiger partial charge in [0.1, 0.15) is 24.2 Å². The molecule has 0 saturated carbocycles. The lowest BCUT2D eigenvalue weighted by Crippen LogP contribution is -2.54. The first-order chi connectivity index (χ1) is 14.1. The standard InChI is InChI=1S/C19H21ClFN3O6/c1-10(22-17(28)11-4-5-14(21)13(20)7-11)19(30)24-6-2-3-15(24)18(29)23-12(9-25)8-16(26)27/h4-5,7,9-10,12,15H,2-3,6,8H2,1H3,(H,22,28)(H,23,29)(H,26,27)/t10-,12-,15-/m0/s1.